The molecule has 0 aromatic heterocycles. The Balaban J connectivity index is 2.14. The molecule has 0 unspecified atom stereocenters. The number of carbonyl (C=O) groups excluding carboxylic acids is 1. The van der Waals surface area contributed by atoms with E-state index in [-0.39, 0.29) is 5.91 Å². The molecule has 0 radical (unpaired) electrons. The number of ether oxygens (including phenoxy) is 1. The van der Waals surface area contributed by atoms with Gasteiger partial charge in [-0.1, -0.05) is 11.6 Å². The smallest absolute Gasteiger partial charge is 0.257 e. The minimum Gasteiger partial charge on any atom is -0.496 e. The highest BCUT2D eigenvalue weighted by Gasteiger charge is 2.24. The quantitative estimate of drug-likeness (QED) is 0.904. The van der Waals surface area contributed by atoms with Crippen molar-refractivity contribution < 1.29 is 9.53 Å². The molecule has 1 aliphatic rings. The van der Waals surface area contributed by atoms with Crippen LogP contribution in [0.25, 0.3) is 0 Å². The molecule has 1 aromatic carbocycles. The number of hydrogen-bond donors (Lipinski definition) is 1. The third-order valence-electron chi connectivity index (χ3n) is 3.82. The molecule has 0 aliphatic carbocycles. The van der Waals surface area contributed by atoms with Crippen molar-refractivity contribution >= 4 is 5.91 Å². The average Bonchev–Trinajstić information content (AvgIpc) is 2.46. The monoisotopic (exact) mass is 262 g/mol. The number of nitrogens with zero attached hydrogens (tertiary/aromatic N) is 1. The zero-order valence-electron chi connectivity index (χ0n) is 11.7. The summed E-state index contributed by atoms with van der Waals surface area (Å²) >= 11 is 0. The summed E-state index contributed by atoms with van der Waals surface area (Å²) in [5.41, 5.74) is 7.41. The fourth-order valence-corrected chi connectivity index (χ4v) is 2.53. The van der Waals surface area contributed by atoms with Crippen LogP contribution in [0.1, 0.15) is 28.8 Å². The lowest BCUT2D eigenvalue weighted by atomic mass is 9.96. The first-order chi connectivity index (χ1) is 9.15. The molecule has 2 rings (SSSR count). The lowest BCUT2D eigenvalue weighted by Gasteiger charge is -2.31. The van der Waals surface area contributed by atoms with E-state index in [4.69, 9.17) is 10.5 Å². The molecule has 1 heterocycles. The topological polar surface area (TPSA) is 55.6 Å². The Morgan fingerprint density at radius 1 is 1.42 bits per heavy atom. The van der Waals surface area contributed by atoms with Crippen molar-refractivity contribution in [3.05, 3.63) is 29.3 Å². The van der Waals surface area contributed by atoms with E-state index in [9.17, 15) is 4.79 Å². The second-order valence-electron chi connectivity index (χ2n) is 5.18. The molecule has 0 spiro atoms. The number of methoxy groups -OCH3 is 1. The zero-order chi connectivity index (χ0) is 13.8. The molecule has 4 heteroatoms. The molecule has 0 bridgehead atoms. The predicted molar refractivity (Wildman–Crippen MR) is 75.4 cm³/mol. The van der Waals surface area contributed by atoms with Gasteiger partial charge in [-0.3, -0.25) is 4.79 Å². The standard InChI is InChI=1S/C15H22N2O2/c1-11-3-4-14(19-2)13(9-11)15(18)17-7-5-12(10-16)6-8-17/h3-4,9,12H,5-8,10,16H2,1-2H3. The summed E-state index contributed by atoms with van der Waals surface area (Å²) in [6.07, 6.45) is 1.99. The van der Waals surface area contributed by atoms with Crippen LogP contribution in [-0.2, 0) is 0 Å². The van der Waals surface area contributed by atoms with Crippen LogP contribution in [0.2, 0.25) is 0 Å². The van der Waals surface area contributed by atoms with Crippen LogP contribution in [-0.4, -0.2) is 37.6 Å². The minimum absolute atomic E-state index is 0.0658. The zero-order valence-corrected chi connectivity index (χ0v) is 11.7. The van der Waals surface area contributed by atoms with Crippen LogP contribution in [0.4, 0.5) is 0 Å². The summed E-state index contributed by atoms with van der Waals surface area (Å²) in [7, 11) is 1.60. The maximum atomic E-state index is 12.5. The van der Waals surface area contributed by atoms with Gasteiger partial charge in [-0.05, 0) is 44.4 Å². The highest BCUT2D eigenvalue weighted by molar-refractivity contribution is 5.97. The van der Waals surface area contributed by atoms with Crippen LogP contribution < -0.4 is 10.5 Å². The molecular formula is C15H22N2O2. The van der Waals surface area contributed by atoms with Crippen LogP contribution in [0.3, 0.4) is 0 Å². The number of nitrogens with two attached hydrogens (primary N) is 1. The first-order valence-corrected chi connectivity index (χ1v) is 6.79. The lowest BCUT2D eigenvalue weighted by Crippen LogP contribution is -2.40. The van der Waals surface area contributed by atoms with E-state index in [1.54, 1.807) is 7.11 Å². The number of amides is 1. The van der Waals surface area contributed by atoms with Crippen LogP contribution in [0.5, 0.6) is 5.75 Å². The first-order valence-electron chi connectivity index (χ1n) is 6.79. The number of benzene rings is 1. The van der Waals surface area contributed by atoms with Gasteiger partial charge in [0.25, 0.3) is 5.91 Å². The van der Waals surface area contributed by atoms with E-state index in [1.165, 1.54) is 0 Å². The average molecular weight is 262 g/mol. The SMILES string of the molecule is COc1ccc(C)cc1C(=O)N1CCC(CN)CC1. The summed E-state index contributed by atoms with van der Waals surface area (Å²) in [6, 6.07) is 5.71. The van der Waals surface area contributed by atoms with Crippen molar-refractivity contribution in [3.8, 4) is 5.75 Å². The number of rotatable bonds is 3. The number of likely N-dealkylation sites (tertiary alicyclic amines) is 1. The Labute approximate surface area is 114 Å². The third kappa shape index (κ3) is 3.07. The fourth-order valence-electron chi connectivity index (χ4n) is 2.53. The minimum atomic E-state index is 0.0658. The van der Waals surface area contributed by atoms with Crippen molar-refractivity contribution in [2.45, 2.75) is 19.8 Å². The second-order valence-corrected chi connectivity index (χ2v) is 5.18. The Morgan fingerprint density at radius 2 is 2.11 bits per heavy atom. The molecule has 1 saturated heterocycles. The second kappa shape index (κ2) is 6.06. The molecule has 0 atom stereocenters. The van der Waals surface area contributed by atoms with Gasteiger partial charge < -0.3 is 15.4 Å². The summed E-state index contributed by atoms with van der Waals surface area (Å²) < 4.78 is 5.29. The van der Waals surface area contributed by atoms with Gasteiger partial charge in [0.2, 0.25) is 0 Å². The van der Waals surface area contributed by atoms with Crippen molar-refractivity contribution in [3.63, 3.8) is 0 Å². The van der Waals surface area contributed by atoms with Gasteiger partial charge in [0.1, 0.15) is 5.75 Å². The van der Waals surface area contributed by atoms with Gasteiger partial charge in [-0.15, -0.1) is 0 Å². The molecule has 1 aliphatic heterocycles. The van der Waals surface area contributed by atoms with E-state index in [0.29, 0.717) is 17.2 Å². The summed E-state index contributed by atoms with van der Waals surface area (Å²) in [6.45, 7) is 4.28. The number of piperidine rings is 1. The van der Waals surface area contributed by atoms with Gasteiger partial charge in [0.05, 0.1) is 12.7 Å². The molecule has 4 nitrogen and oxygen atoms in total. The Bertz CT molecular complexity index is 451. The number of aryl methyl sites for hydroxylation is 1. The Morgan fingerprint density at radius 3 is 2.68 bits per heavy atom. The van der Waals surface area contributed by atoms with Crippen LogP contribution >= 0.6 is 0 Å². The predicted octanol–water partition coefficient (Wildman–Crippen LogP) is 1.81. The largest absolute Gasteiger partial charge is 0.496 e. The van der Waals surface area contributed by atoms with Gasteiger partial charge in [-0.2, -0.15) is 0 Å². The summed E-state index contributed by atoms with van der Waals surface area (Å²) in [4.78, 5) is 14.4. The Kier molecular flexibility index (Phi) is 4.43. The normalized spacial score (nSPS) is 16.5. The molecule has 1 amide bonds. The van der Waals surface area contributed by atoms with Crippen LogP contribution in [0.15, 0.2) is 18.2 Å². The van der Waals surface area contributed by atoms with E-state index < -0.39 is 0 Å². The third-order valence-corrected chi connectivity index (χ3v) is 3.82. The summed E-state index contributed by atoms with van der Waals surface area (Å²) in [5, 5.41) is 0. The number of hydrogen-bond acceptors (Lipinski definition) is 3. The van der Waals surface area contributed by atoms with Crippen LogP contribution in [0, 0.1) is 12.8 Å². The van der Waals surface area contributed by atoms with Gasteiger partial charge in [0.15, 0.2) is 0 Å². The number of carbonyl (C=O) groups is 1. The first kappa shape index (κ1) is 13.9. The molecule has 1 fully saturated rings. The molecule has 104 valence electrons. The van der Waals surface area contributed by atoms with E-state index >= 15 is 0 Å². The highest BCUT2D eigenvalue weighted by Crippen LogP contribution is 2.24. The van der Waals surface area contributed by atoms with Crippen molar-refractivity contribution in [2.24, 2.45) is 11.7 Å². The van der Waals surface area contributed by atoms with E-state index in [1.807, 2.05) is 30.0 Å². The Hall–Kier alpha value is -1.55. The van der Waals surface area contributed by atoms with Crippen molar-refractivity contribution in [1.29, 1.82) is 0 Å². The molecule has 2 N–H and O–H groups in total. The van der Waals surface area contributed by atoms with Gasteiger partial charge in [0, 0.05) is 13.1 Å². The highest BCUT2D eigenvalue weighted by atomic mass is 16.5. The van der Waals surface area contributed by atoms with E-state index in [2.05, 4.69) is 0 Å². The van der Waals surface area contributed by atoms with Crippen molar-refractivity contribution in [2.75, 3.05) is 26.7 Å². The molecule has 1 aromatic rings. The maximum absolute atomic E-state index is 12.5. The summed E-state index contributed by atoms with van der Waals surface area (Å²) in [5.74, 6) is 1.27. The molecule has 19 heavy (non-hydrogen) atoms. The van der Waals surface area contributed by atoms with E-state index in [0.717, 1.165) is 38.0 Å². The lowest BCUT2D eigenvalue weighted by molar-refractivity contribution is 0.0690. The molecule has 0 saturated carbocycles. The van der Waals surface area contributed by atoms with Gasteiger partial charge >= 0.3 is 0 Å². The molecular weight excluding hydrogens is 240 g/mol. The maximum Gasteiger partial charge on any atom is 0.257 e. The van der Waals surface area contributed by atoms with Gasteiger partial charge in [-0.25, -0.2) is 0 Å². The fraction of sp³-hybridized carbons (Fsp3) is 0.533. The van der Waals surface area contributed by atoms with Crippen molar-refractivity contribution in [1.82, 2.24) is 4.90 Å².